The lowest BCUT2D eigenvalue weighted by Crippen LogP contribution is -2.22. The fraction of sp³-hybridized carbons (Fsp3) is 0.571. The Bertz CT molecular complexity index is 315. The van der Waals surface area contributed by atoms with Crippen LogP contribution in [0, 0.1) is 0 Å². The van der Waals surface area contributed by atoms with Crippen molar-refractivity contribution in [3.63, 3.8) is 0 Å². The molecule has 1 rings (SSSR count). The Morgan fingerprint density at radius 3 is 2.79 bits per heavy atom. The fourth-order valence-electron chi connectivity index (χ4n) is 0.636. The summed E-state index contributed by atoms with van der Waals surface area (Å²) in [6.07, 6.45) is 0. The van der Waals surface area contributed by atoms with Gasteiger partial charge in [-0.1, -0.05) is 41.8 Å². The summed E-state index contributed by atoms with van der Waals surface area (Å²) in [5.41, 5.74) is 5.14. The van der Waals surface area contributed by atoms with E-state index in [0.717, 1.165) is 14.4 Å². The highest BCUT2D eigenvalue weighted by molar-refractivity contribution is 8.03. The van der Waals surface area contributed by atoms with Gasteiger partial charge in [-0.15, -0.1) is 10.2 Å². The summed E-state index contributed by atoms with van der Waals surface area (Å²) < 4.78 is 1.74. The second kappa shape index (κ2) is 5.57. The van der Waals surface area contributed by atoms with Crippen molar-refractivity contribution < 1.29 is 4.79 Å². The molecule has 14 heavy (non-hydrogen) atoms. The molecule has 0 aliphatic carbocycles. The van der Waals surface area contributed by atoms with Gasteiger partial charge in [0.05, 0.1) is 5.25 Å². The normalized spacial score (nSPS) is 12.7. The fourth-order valence-corrected chi connectivity index (χ4v) is 3.65. The second-order valence-corrected chi connectivity index (χ2v) is 6.51. The van der Waals surface area contributed by atoms with Gasteiger partial charge in [0, 0.05) is 0 Å². The molecule has 1 aromatic heterocycles. The third-order valence-electron chi connectivity index (χ3n) is 1.33. The van der Waals surface area contributed by atoms with Gasteiger partial charge in [-0.05, 0) is 12.7 Å². The minimum atomic E-state index is -0.324. The summed E-state index contributed by atoms with van der Waals surface area (Å²) in [6.45, 7) is 3.83. The van der Waals surface area contributed by atoms with Crippen LogP contribution in [0.25, 0.3) is 0 Å². The van der Waals surface area contributed by atoms with Gasteiger partial charge >= 0.3 is 0 Å². The van der Waals surface area contributed by atoms with Crippen LogP contribution < -0.4 is 5.73 Å². The lowest BCUT2D eigenvalue weighted by Gasteiger charge is -2.01. The third kappa shape index (κ3) is 3.47. The van der Waals surface area contributed by atoms with Crippen molar-refractivity contribution in [1.82, 2.24) is 10.2 Å². The van der Waals surface area contributed by atoms with Crippen molar-refractivity contribution >= 4 is 40.8 Å². The molecule has 0 aliphatic heterocycles. The van der Waals surface area contributed by atoms with Gasteiger partial charge in [-0.3, -0.25) is 4.79 Å². The molecule has 0 saturated carbocycles. The van der Waals surface area contributed by atoms with E-state index in [2.05, 4.69) is 17.1 Å². The van der Waals surface area contributed by atoms with E-state index in [4.69, 9.17) is 5.73 Å². The minimum absolute atomic E-state index is 0.248. The summed E-state index contributed by atoms with van der Waals surface area (Å²) in [5.74, 6) is 0.653. The van der Waals surface area contributed by atoms with E-state index in [-0.39, 0.29) is 11.2 Å². The molecular formula is C7H11N3OS3. The van der Waals surface area contributed by atoms with E-state index in [0.29, 0.717) is 0 Å². The van der Waals surface area contributed by atoms with Crippen molar-refractivity contribution in [1.29, 1.82) is 0 Å². The highest BCUT2D eigenvalue weighted by Crippen LogP contribution is 2.30. The molecule has 0 radical (unpaired) electrons. The topological polar surface area (TPSA) is 68.9 Å². The van der Waals surface area contributed by atoms with Crippen LogP contribution in [0.2, 0.25) is 0 Å². The molecule has 7 heteroatoms. The summed E-state index contributed by atoms with van der Waals surface area (Å²) in [7, 11) is 0. The van der Waals surface area contributed by atoms with Crippen molar-refractivity contribution in [2.45, 2.75) is 27.8 Å². The van der Waals surface area contributed by atoms with Crippen LogP contribution in [-0.2, 0) is 4.79 Å². The van der Waals surface area contributed by atoms with Crippen LogP contribution in [-0.4, -0.2) is 27.1 Å². The number of hydrogen-bond acceptors (Lipinski definition) is 6. The first-order valence-corrected chi connectivity index (χ1v) is 6.74. The Morgan fingerprint density at radius 1 is 1.57 bits per heavy atom. The molecule has 1 amide bonds. The van der Waals surface area contributed by atoms with E-state index < -0.39 is 0 Å². The third-order valence-corrected chi connectivity index (χ3v) is 4.48. The largest absolute Gasteiger partial charge is 0.369 e. The van der Waals surface area contributed by atoms with Crippen LogP contribution in [0.4, 0.5) is 0 Å². The Hall–Kier alpha value is -0.270. The Kier molecular flexibility index (Phi) is 4.70. The number of carbonyl (C=O) groups is 1. The molecule has 0 fully saturated rings. The van der Waals surface area contributed by atoms with Gasteiger partial charge in [0.15, 0.2) is 8.68 Å². The predicted octanol–water partition coefficient (Wildman–Crippen LogP) is 1.62. The Labute approximate surface area is 95.1 Å². The molecule has 0 spiro atoms. The van der Waals surface area contributed by atoms with Crippen LogP contribution in [0.5, 0.6) is 0 Å². The Balaban J connectivity index is 2.55. The summed E-state index contributed by atoms with van der Waals surface area (Å²) in [6, 6.07) is 0. The van der Waals surface area contributed by atoms with E-state index in [1.54, 1.807) is 18.7 Å². The molecule has 0 aromatic carbocycles. The van der Waals surface area contributed by atoms with Gasteiger partial charge in [-0.25, -0.2) is 0 Å². The maximum atomic E-state index is 10.8. The minimum Gasteiger partial charge on any atom is -0.369 e. The molecule has 0 aliphatic rings. The van der Waals surface area contributed by atoms with Crippen molar-refractivity contribution in [3.8, 4) is 0 Å². The molecule has 0 saturated heterocycles. The van der Waals surface area contributed by atoms with Gasteiger partial charge in [0.25, 0.3) is 0 Å². The average molecular weight is 249 g/mol. The lowest BCUT2D eigenvalue weighted by molar-refractivity contribution is -0.117. The number of primary amides is 1. The molecule has 0 bridgehead atoms. The Morgan fingerprint density at radius 2 is 2.21 bits per heavy atom. The zero-order valence-corrected chi connectivity index (χ0v) is 10.3. The number of hydrogen-bond donors (Lipinski definition) is 1. The maximum Gasteiger partial charge on any atom is 0.230 e. The number of nitrogens with two attached hydrogens (primary N) is 1. The van der Waals surface area contributed by atoms with Crippen LogP contribution in [0.3, 0.4) is 0 Å². The number of nitrogens with zero attached hydrogens (tertiary/aromatic N) is 2. The second-order valence-electron chi connectivity index (χ2n) is 2.43. The molecule has 78 valence electrons. The first kappa shape index (κ1) is 11.8. The maximum absolute atomic E-state index is 10.8. The van der Waals surface area contributed by atoms with Gasteiger partial charge < -0.3 is 5.73 Å². The van der Waals surface area contributed by atoms with Crippen LogP contribution in [0.15, 0.2) is 8.68 Å². The SMILES string of the molecule is CCSc1nnc(SC(C)C(N)=O)s1. The number of amides is 1. The highest BCUT2D eigenvalue weighted by Gasteiger charge is 2.13. The number of aromatic nitrogens is 2. The van der Waals surface area contributed by atoms with E-state index in [9.17, 15) is 4.79 Å². The van der Waals surface area contributed by atoms with Crippen LogP contribution in [0.1, 0.15) is 13.8 Å². The van der Waals surface area contributed by atoms with Gasteiger partial charge in [0.1, 0.15) is 0 Å². The van der Waals surface area contributed by atoms with Gasteiger partial charge in [-0.2, -0.15) is 0 Å². The van der Waals surface area contributed by atoms with E-state index >= 15 is 0 Å². The van der Waals surface area contributed by atoms with Crippen molar-refractivity contribution in [3.05, 3.63) is 0 Å². The number of carbonyl (C=O) groups excluding carboxylic acids is 1. The molecule has 1 aromatic rings. The highest BCUT2D eigenvalue weighted by atomic mass is 32.2. The molecule has 1 unspecified atom stereocenters. The number of thioether (sulfide) groups is 2. The smallest absolute Gasteiger partial charge is 0.230 e. The molecule has 1 heterocycles. The monoisotopic (exact) mass is 249 g/mol. The zero-order valence-electron chi connectivity index (χ0n) is 7.89. The summed E-state index contributed by atoms with van der Waals surface area (Å²) in [5, 5.41) is 7.69. The standard InChI is InChI=1S/C7H11N3OS3/c1-3-12-6-9-10-7(14-6)13-4(2)5(8)11/h4H,3H2,1-2H3,(H2,8,11). The molecule has 2 N–H and O–H groups in total. The quantitative estimate of drug-likeness (QED) is 0.803. The summed E-state index contributed by atoms with van der Waals surface area (Å²) >= 11 is 4.50. The first-order chi connectivity index (χ1) is 6.63. The molecular weight excluding hydrogens is 238 g/mol. The first-order valence-electron chi connectivity index (χ1n) is 4.05. The molecule has 4 nitrogen and oxygen atoms in total. The van der Waals surface area contributed by atoms with Crippen molar-refractivity contribution in [2.75, 3.05) is 5.75 Å². The number of rotatable bonds is 5. The van der Waals surface area contributed by atoms with Crippen molar-refractivity contribution in [2.24, 2.45) is 5.73 Å². The average Bonchev–Trinajstić information content (AvgIpc) is 2.53. The summed E-state index contributed by atoms with van der Waals surface area (Å²) in [4.78, 5) is 10.8. The predicted molar refractivity (Wildman–Crippen MR) is 60.8 cm³/mol. The molecule has 1 atom stereocenters. The van der Waals surface area contributed by atoms with E-state index in [1.165, 1.54) is 23.1 Å². The lowest BCUT2D eigenvalue weighted by atomic mass is 10.5. The van der Waals surface area contributed by atoms with Gasteiger partial charge in [0.2, 0.25) is 5.91 Å². The van der Waals surface area contributed by atoms with E-state index in [1.807, 2.05) is 0 Å². The van der Waals surface area contributed by atoms with Crippen LogP contribution >= 0.6 is 34.9 Å². The zero-order chi connectivity index (χ0) is 10.6.